The molecule has 1 aromatic heterocycles. The summed E-state index contributed by atoms with van der Waals surface area (Å²) in [6.45, 7) is 0.278. The van der Waals surface area contributed by atoms with E-state index in [1.54, 1.807) is 18.3 Å². The van der Waals surface area contributed by atoms with Gasteiger partial charge in [-0.15, -0.1) is 0 Å². The van der Waals surface area contributed by atoms with Crippen LogP contribution in [0.1, 0.15) is 11.1 Å². The number of nitro benzene ring substituents is 1. The summed E-state index contributed by atoms with van der Waals surface area (Å²) in [5.74, 6) is 0. The Balaban J connectivity index is 1.69. The minimum Gasteiger partial charge on any atom is -0.391 e. The van der Waals surface area contributed by atoms with Gasteiger partial charge in [-0.25, -0.2) is 0 Å². The van der Waals surface area contributed by atoms with Gasteiger partial charge < -0.3 is 4.84 Å². The smallest absolute Gasteiger partial charge is 0.270 e. The highest BCUT2D eigenvalue weighted by Gasteiger charge is 2.04. The van der Waals surface area contributed by atoms with Crippen molar-refractivity contribution >= 4 is 22.8 Å². The Morgan fingerprint density at radius 3 is 2.87 bits per heavy atom. The molecule has 0 spiro atoms. The highest BCUT2D eigenvalue weighted by molar-refractivity contribution is 5.81. The van der Waals surface area contributed by atoms with Gasteiger partial charge in [0.2, 0.25) is 0 Å². The fraction of sp³-hybridized carbons (Fsp3) is 0.0588. The predicted molar refractivity (Wildman–Crippen MR) is 87.2 cm³/mol. The largest absolute Gasteiger partial charge is 0.391 e. The molecule has 0 unspecified atom stereocenters. The summed E-state index contributed by atoms with van der Waals surface area (Å²) in [6.07, 6.45) is 3.18. The molecule has 2 aromatic carbocycles. The lowest BCUT2D eigenvalue weighted by molar-refractivity contribution is -0.384. The number of nitro groups is 1. The third kappa shape index (κ3) is 3.49. The summed E-state index contributed by atoms with van der Waals surface area (Å²) >= 11 is 0. The van der Waals surface area contributed by atoms with Crippen molar-refractivity contribution in [3.63, 3.8) is 0 Å². The van der Waals surface area contributed by atoms with Crippen LogP contribution in [0.15, 0.2) is 65.9 Å². The van der Waals surface area contributed by atoms with E-state index in [2.05, 4.69) is 10.1 Å². The minimum atomic E-state index is -0.444. The molecule has 114 valence electrons. The van der Waals surface area contributed by atoms with Crippen molar-refractivity contribution in [2.75, 3.05) is 0 Å². The molecule has 0 aliphatic carbocycles. The maximum atomic E-state index is 10.7. The van der Waals surface area contributed by atoms with Crippen LogP contribution in [0, 0.1) is 10.1 Å². The normalized spacial score (nSPS) is 11.0. The second-order valence-electron chi connectivity index (χ2n) is 4.85. The van der Waals surface area contributed by atoms with Gasteiger partial charge in [0, 0.05) is 34.8 Å². The number of pyridine rings is 1. The Bertz CT molecular complexity index is 872. The molecule has 0 saturated carbocycles. The van der Waals surface area contributed by atoms with Crippen molar-refractivity contribution < 1.29 is 9.76 Å². The first kappa shape index (κ1) is 14.6. The SMILES string of the molecule is O=[N+]([O-])c1cccc(/C=N/OCc2cccc3cccnc23)c1. The molecule has 0 bridgehead atoms. The van der Waals surface area contributed by atoms with Crippen LogP contribution in [0.25, 0.3) is 10.9 Å². The van der Waals surface area contributed by atoms with Crippen LogP contribution in [0.4, 0.5) is 5.69 Å². The molecule has 3 aromatic rings. The van der Waals surface area contributed by atoms with E-state index in [4.69, 9.17) is 4.84 Å². The van der Waals surface area contributed by atoms with Gasteiger partial charge in [-0.1, -0.05) is 41.6 Å². The summed E-state index contributed by atoms with van der Waals surface area (Å²) in [6, 6.07) is 15.9. The Hall–Kier alpha value is -3.28. The second kappa shape index (κ2) is 6.65. The average molecular weight is 307 g/mol. The predicted octanol–water partition coefficient (Wildman–Crippen LogP) is 3.69. The van der Waals surface area contributed by atoms with Crippen molar-refractivity contribution in [2.45, 2.75) is 6.61 Å². The quantitative estimate of drug-likeness (QED) is 0.409. The first-order valence-electron chi connectivity index (χ1n) is 6.96. The number of rotatable bonds is 5. The van der Waals surface area contributed by atoms with E-state index in [1.807, 2.05) is 30.3 Å². The fourth-order valence-corrected chi connectivity index (χ4v) is 2.21. The van der Waals surface area contributed by atoms with E-state index in [1.165, 1.54) is 18.3 Å². The lowest BCUT2D eigenvalue weighted by Gasteiger charge is -2.04. The van der Waals surface area contributed by atoms with E-state index >= 15 is 0 Å². The van der Waals surface area contributed by atoms with E-state index in [0.717, 1.165) is 16.5 Å². The van der Waals surface area contributed by atoms with Crippen LogP contribution in [0.5, 0.6) is 0 Å². The van der Waals surface area contributed by atoms with Crippen molar-refractivity contribution in [1.29, 1.82) is 0 Å². The number of aromatic nitrogens is 1. The number of oxime groups is 1. The number of hydrogen-bond acceptors (Lipinski definition) is 5. The molecule has 0 fully saturated rings. The van der Waals surface area contributed by atoms with Gasteiger partial charge >= 0.3 is 0 Å². The van der Waals surface area contributed by atoms with Gasteiger partial charge in [0.05, 0.1) is 16.7 Å². The molecule has 6 nitrogen and oxygen atoms in total. The molecule has 0 atom stereocenters. The molecule has 0 aliphatic rings. The molecular weight excluding hydrogens is 294 g/mol. The zero-order chi connectivity index (χ0) is 16.1. The van der Waals surface area contributed by atoms with E-state index in [-0.39, 0.29) is 12.3 Å². The third-order valence-electron chi connectivity index (χ3n) is 3.29. The summed E-state index contributed by atoms with van der Waals surface area (Å²) in [5.41, 5.74) is 2.43. The van der Waals surface area contributed by atoms with Crippen LogP contribution in [-0.4, -0.2) is 16.1 Å². The molecule has 0 N–H and O–H groups in total. The van der Waals surface area contributed by atoms with Crippen molar-refractivity contribution in [3.8, 4) is 0 Å². The van der Waals surface area contributed by atoms with Gasteiger partial charge in [-0.2, -0.15) is 0 Å². The van der Waals surface area contributed by atoms with E-state index in [9.17, 15) is 10.1 Å². The lowest BCUT2D eigenvalue weighted by atomic mass is 10.1. The number of non-ortho nitro benzene ring substituents is 1. The summed E-state index contributed by atoms with van der Waals surface area (Å²) in [4.78, 5) is 19.9. The standard InChI is InChI=1S/C17H13N3O3/c21-20(22)16-8-1-4-13(10-16)11-19-23-12-15-6-2-5-14-7-3-9-18-17(14)15/h1-11H,12H2/b19-11+. The summed E-state index contributed by atoms with van der Waals surface area (Å²) in [7, 11) is 0. The second-order valence-corrected chi connectivity index (χ2v) is 4.85. The Labute approximate surface area is 132 Å². The minimum absolute atomic E-state index is 0.0206. The van der Waals surface area contributed by atoms with Crippen molar-refractivity contribution in [1.82, 2.24) is 4.98 Å². The number of hydrogen-bond donors (Lipinski definition) is 0. The summed E-state index contributed by atoms with van der Waals surface area (Å²) in [5, 5.41) is 15.6. The monoisotopic (exact) mass is 307 g/mol. The van der Waals surface area contributed by atoms with Crippen molar-refractivity contribution in [2.24, 2.45) is 5.16 Å². The molecule has 0 saturated heterocycles. The highest BCUT2D eigenvalue weighted by atomic mass is 16.6. The molecular formula is C17H13N3O3. The summed E-state index contributed by atoms with van der Waals surface area (Å²) < 4.78 is 0. The number of fused-ring (bicyclic) bond motifs is 1. The van der Waals surface area contributed by atoms with Crippen LogP contribution in [0.2, 0.25) is 0 Å². The zero-order valence-electron chi connectivity index (χ0n) is 12.1. The number of para-hydroxylation sites is 1. The topological polar surface area (TPSA) is 77.6 Å². The van der Waals surface area contributed by atoms with Gasteiger partial charge in [0.15, 0.2) is 0 Å². The van der Waals surface area contributed by atoms with Gasteiger partial charge in [-0.3, -0.25) is 15.1 Å². The first-order valence-corrected chi connectivity index (χ1v) is 6.96. The number of benzene rings is 2. The van der Waals surface area contributed by atoms with Gasteiger partial charge in [0.25, 0.3) is 5.69 Å². The maximum absolute atomic E-state index is 10.7. The van der Waals surface area contributed by atoms with Crippen molar-refractivity contribution in [3.05, 3.63) is 82.0 Å². The van der Waals surface area contributed by atoms with E-state index < -0.39 is 4.92 Å². The molecule has 0 aliphatic heterocycles. The maximum Gasteiger partial charge on any atom is 0.270 e. The zero-order valence-corrected chi connectivity index (χ0v) is 12.1. The highest BCUT2D eigenvalue weighted by Crippen LogP contribution is 2.17. The van der Waals surface area contributed by atoms with Gasteiger partial charge in [-0.05, 0) is 6.07 Å². The fourth-order valence-electron chi connectivity index (χ4n) is 2.21. The van der Waals surface area contributed by atoms with Crippen LogP contribution in [-0.2, 0) is 11.4 Å². The lowest BCUT2D eigenvalue weighted by Crippen LogP contribution is -1.92. The molecule has 0 radical (unpaired) electrons. The molecule has 0 amide bonds. The Kier molecular flexibility index (Phi) is 4.24. The molecule has 6 heteroatoms. The Morgan fingerprint density at radius 2 is 2.00 bits per heavy atom. The van der Waals surface area contributed by atoms with Crippen LogP contribution < -0.4 is 0 Å². The molecule has 23 heavy (non-hydrogen) atoms. The first-order chi connectivity index (χ1) is 11.2. The van der Waals surface area contributed by atoms with Crippen LogP contribution in [0.3, 0.4) is 0 Å². The van der Waals surface area contributed by atoms with Crippen LogP contribution >= 0.6 is 0 Å². The molecule has 1 heterocycles. The average Bonchev–Trinajstić information content (AvgIpc) is 2.59. The third-order valence-corrected chi connectivity index (χ3v) is 3.29. The molecule has 3 rings (SSSR count). The Morgan fingerprint density at radius 1 is 1.17 bits per heavy atom. The van der Waals surface area contributed by atoms with E-state index in [0.29, 0.717) is 5.56 Å². The number of nitrogens with zero attached hydrogens (tertiary/aromatic N) is 3. The van der Waals surface area contributed by atoms with Gasteiger partial charge in [0.1, 0.15) is 6.61 Å².